The van der Waals surface area contributed by atoms with Gasteiger partial charge in [0.25, 0.3) is 0 Å². The predicted octanol–water partition coefficient (Wildman–Crippen LogP) is 5.32. The van der Waals surface area contributed by atoms with Crippen LogP contribution in [-0.2, 0) is 6.61 Å². The van der Waals surface area contributed by atoms with Crippen molar-refractivity contribution in [2.75, 3.05) is 5.43 Å². The van der Waals surface area contributed by atoms with Crippen LogP contribution >= 0.6 is 11.3 Å². The van der Waals surface area contributed by atoms with Crippen LogP contribution in [0.2, 0.25) is 0 Å². The van der Waals surface area contributed by atoms with E-state index in [2.05, 4.69) is 21.6 Å². The van der Waals surface area contributed by atoms with E-state index in [1.165, 1.54) is 0 Å². The second-order valence-electron chi connectivity index (χ2n) is 5.70. The molecule has 3 aromatic carbocycles. The third kappa shape index (κ3) is 4.07. The fourth-order valence-corrected chi connectivity index (χ4v) is 3.32. The molecule has 1 aromatic heterocycles. The summed E-state index contributed by atoms with van der Waals surface area (Å²) >= 11 is 1.58. The lowest BCUT2D eigenvalue weighted by molar-refractivity contribution is 0.306. The lowest BCUT2D eigenvalue weighted by atomic mass is 10.2. The molecule has 0 aliphatic rings. The minimum atomic E-state index is 0.547. The minimum absolute atomic E-state index is 0.547. The minimum Gasteiger partial charge on any atom is -0.489 e. The number of nitrogens with one attached hydrogen (secondary N) is 1. The first kappa shape index (κ1) is 16.3. The highest BCUT2D eigenvalue weighted by molar-refractivity contribution is 7.22. The Bertz CT molecular complexity index is 995. The van der Waals surface area contributed by atoms with Gasteiger partial charge in [-0.3, -0.25) is 5.43 Å². The summed E-state index contributed by atoms with van der Waals surface area (Å²) in [6, 6.07) is 26.0. The van der Waals surface area contributed by atoms with Crippen molar-refractivity contribution in [2.45, 2.75) is 6.61 Å². The zero-order valence-corrected chi connectivity index (χ0v) is 14.8. The summed E-state index contributed by atoms with van der Waals surface area (Å²) in [5, 5.41) is 5.06. The first-order valence-corrected chi connectivity index (χ1v) is 9.10. The van der Waals surface area contributed by atoms with Gasteiger partial charge >= 0.3 is 0 Å². The topological polar surface area (TPSA) is 46.5 Å². The van der Waals surface area contributed by atoms with E-state index in [-0.39, 0.29) is 0 Å². The van der Waals surface area contributed by atoms with Crippen LogP contribution in [0.4, 0.5) is 5.13 Å². The van der Waals surface area contributed by atoms with Gasteiger partial charge < -0.3 is 4.74 Å². The summed E-state index contributed by atoms with van der Waals surface area (Å²) in [5.41, 5.74) is 6.08. The number of thiazole rings is 1. The molecule has 5 heteroatoms. The Labute approximate surface area is 155 Å². The van der Waals surface area contributed by atoms with E-state index in [1.54, 1.807) is 17.6 Å². The summed E-state index contributed by atoms with van der Waals surface area (Å²) in [6.45, 7) is 0.547. The van der Waals surface area contributed by atoms with Crippen molar-refractivity contribution >= 4 is 32.9 Å². The maximum absolute atomic E-state index is 5.84. The molecule has 0 bridgehead atoms. The Kier molecular flexibility index (Phi) is 4.89. The molecule has 128 valence electrons. The highest BCUT2D eigenvalue weighted by Crippen LogP contribution is 2.25. The molecule has 0 atom stereocenters. The Morgan fingerprint density at radius 2 is 1.81 bits per heavy atom. The summed E-state index contributed by atoms with van der Waals surface area (Å²) in [5.74, 6) is 0.817. The smallest absolute Gasteiger partial charge is 0.204 e. The number of anilines is 1. The Morgan fingerprint density at radius 3 is 2.69 bits per heavy atom. The average molecular weight is 359 g/mol. The summed E-state index contributed by atoms with van der Waals surface area (Å²) in [4.78, 5) is 4.49. The van der Waals surface area contributed by atoms with Gasteiger partial charge in [-0.1, -0.05) is 65.9 Å². The molecule has 1 N–H and O–H groups in total. The first-order chi connectivity index (χ1) is 12.9. The van der Waals surface area contributed by atoms with E-state index < -0.39 is 0 Å². The van der Waals surface area contributed by atoms with Crippen LogP contribution in [0.1, 0.15) is 11.1 Å². The lowest BCUT2D eigenvalue weighted by Gasteiger charge is -2.06. The van der Waals surface area contributed by atoms with Gasteiger partial charge in [0.1, 0.15) is 12.4 Å². The molecule has 1 heterocycles. The Hall–Kier alpha value is -3.18. The molecule has 4 aromatic rings. The molecule has 0 aliphatic carbocycles. The van der Waals surface area contributed by atoms with Crippen molar-refractivity contribution in [1.29, 1.82) is 0 Å². The molecule has 0 spiro atoms. The first-order valence-electron chi connectivity index (χ1n) is 8.28. The van der Waals surface area contributed by atoms with Gasteiger partial charge in [-0.15, -0.1) is 0 Å². The number of ether oxygens (including phenoxy) is 1. The van der Waals surface area contributed by atoms with Crippen molar-refractivity contribution < 1.29 is 4.74 Å². The fraction of sp³-hybridized carbons (Fsp3) is 0.0476. The fourth-order valence-electron chi connectivity index (χ4n) is 2.51. The lowest BCUT2D eigenvalue weighted by Crippen LogP contribution is -1.96. The van der Waals surface area contributed by atoms with Crippen LogP contribution < -0.4 is 10.2 Å². The van der Waals surface area contributed by atoms with Crippen molar-refractivity contribution in [2.24, 2.45) is 5.10 Å². The van der Waals surface area contributed by atoms with Crippen LogP contribution in [0.25, 0.3) is 10.2 Å². The number of rotatable bonds is 6. The molecule has 0 fully saturated rings. The molecule has 0 aliphatic heterocycles. The van der Waals surface area contributed by atoms with Gasteiger partial charge in [0.15, 0.2) is 0 Å². The Morgan fingerprint density at radius 1 is 0.962 bits per heavy atom. The largest absolute Gasteiger partial charge is 0.489 e. The number of hydrazone groups is 1. The number of para-hydroxylation sites is 1. The van der Waals surface area contributed by atoms with Crippen molar-refractivity contribution in [1.82, 2.24) is 4.98 Å². The number of hydrogen-bond donors (Lipinski definition) is 1. The zero-order valence-electron chi connectivity index (χ0n) is 14.0. The zero-order chi connectivity index (χ0) is 17.6. The summed E-state index contributed by atoms with van der Waals surface area (Å²) in [7, 11) is 0. The number of fused-ring (bicyclic) bond motifs is 1. The second kappa shape index (κ2) is 7.80. The maximum atomic E-state index is 5.84. The van der Waals surface area contributed by atoms with E-state index in [0.717, 1.165) is 32.2 Å². The number of aromatic nitrogens is 1. The SMILES string of the molecule is C(=N/Nc1nc2ccccc2s1)/c1cccc(OCc2ccccc2)c1. The van der Waals surface area contributed by atoms with E-state index in [9.17, 15) is 0 Å². The Balaban J connectivity index is 1.39. The van der Waals surface area contributed by atoms with Crippen molar-refractivity contribution in [3.05, 3.63) is 90.0 Å². The van der Waals surface area contributed by atoms with Crippen LogP contribution in [-0.4, -0.2) is 11.2 Å². The van der Waals surface area contributed by atoms with Gasteiger partial charge in [-0.05, 0) is 35.4 Å². The predicted molar refractivity (Wildman–Crippen MR) is 108 cm³/mol. The van der Waals surface area contributed by atoms with Gasteiger partial charge in [-0.25, -0.2) is 4.98 Å². The van der Waals surface area contributed by atoms with Crippen LogP contribution in [0.15, 0.2) is 84.0 Å². The van der Waals surface area contributed by atoms with E-state index >= 15 is 0 Å². The van der Waals surface area contributed by atoms with Gasteiger partial charge in [0.2, 0.25) is 5.13 Å². The van der Waals surface area contributed by atoms with Crippen molar-refractivity contribution in [3.63, 3.8) is 0 Å². The van der Waals surface area contributed by atoms with Gasteiger partial charge in [-0.2, -0.15) is 5.10 Å². The van der Waals surface area contributed by atoms with E-state index in [0.29, 0.717) is 6.61 Å². The highest BCUT2D eigenvalue weighted by Gasteiger charge is 2.01. The molecule has 4 nitrogen and oxygen atoms in total. The molecule has 0 unspecified atom stereocenters. The maximum Gasteiger partial charge on any atom is 0.204 e. The third-order valence-corrected chi connectivity index (χ3v) is 4.72. The summed E-state index contributed by atoms with van der Waals surface area (Å²) in [6.07, 6.45) is 1.77. The normalized spacial score (nSPS) is 11.1. The molecule has 4 rings (SSSR count). The quantitative estimate of drug-likeness (QED) is 0.374. The standard InChI is InChI=1S/C21H17N3OS/c1-2-7-16(8-3-1)15-25-18-10-6-9-17(13-18)14-22-24-21-23-19-11-4-5-12-20(19)26-21/h1-14H,15H2,(H,23,24)/b22-14-. The van der Waals surface area contributed by atoms with E-state index in [4.69, 9.17) is 4.74 Å². The molecular formula is C21H17N3OS. The second-order valence-corrected chi connectivity index (χ2v) is 6.73. The number of nitrogens with zero attached hydrogens (tertiary/aromatic N) is 2. The summed E-state index contributed by atoms with van der Waals surface area (Å²) < 4.78 is 6.99. The molecular weight excluding hydrogens is 342 g/mol. The van der Waals surface area contributed by atoms with Crippen LogP contribution in [0.3, 0.4) is 0 Å². The van der Waals surface area contributed by atoms with Crippen LogP contribution in [0, 0.1) is 0 Å². The average Bonchev–Trinajstić information content (AvgIpc) is 3.10. The molecule has 0 saturated carbocycles. The highest BCUT2D eigenvalue weighted by atomic mass is 32.1. The third-order valence-electron chi connectivity index (χ3n) is 3.77. The van der Waals surface area contributed by atoms with Crippen LogP contribution in [0.5, 0.6) is 5.75 Å². The molecule has 0 amide bonds. The molecule has 0 saturated heterocycles. The molecule has 26 heavy (non-hydrogen) atoms. The van der Waals surface area contributed by atoms with Gasteiger partial charge in [0, 0.05) is 0 Å². The number of benzene rings is 3. The van der Waals surface area contributed by atoms with Gasteiger partial charge in [0.05, 0.1) is 16.4 Å². The number of hydrogen-bond acceptors (Lipinski definition) is 5. The van der Waals surface area contributed by atoms with E-state index in [1.807, 2.05) is 72.8 Å². The monoisotopic (exact) mass is 359 g/mol. The molecule has 0 radical (unpaired) electrons. The van der Waals surface area contributed by atoms with Crippen molar-refractivity contribution in [3.8, 4) is 5.75 Å².